The van der Waals surface area contributed by atoms with E-state index >= 15 is 0 Å². The van der Waals surface area contributed by atoms with Crippen LogP contribution in [0.2, 0.25) is 0 Å². The summed E-state index contributed by atoms with van der Waals surface area (Å²) in [5, 5.41) is 10.1. The summed E-state index contributed by atoms with van der Waals surface area (Å²) >= 11 is 1.74. The molecule has 0 fully saturated rings. The second kappa shape index (κ2) is 8.22. The Kier molecular flexibility index (Phi) is 5.78. The van der Waals surface area contributed by atoms with Crippen molar-refractivity contribution in [2.45, 2.75) is 29.2 Å². The Balaban J connectivity index is 1.50. The maximum absolute atomic E-state index is 10.1. The van der Waals surface area contributed by atoms with Gasteiger partial charge in [-0.3, -0.25) is 0 Å². The molecule has 24 heavy (non-hydrogen) atoms. The fourth-order valence-electron chi connectivity index (χ4n) is 2.64. The highest BCUT2D eigenvalue weighted by Gasteiger charge is 2.18. The van der Waals surface area contributed by atoms with Gasteiger partial charge >= 0.3 is 0 Å². The number of ether oxygens (including phenoxy) is 1. The fraction of sp³-hybridized carbons (Fsp3) is 0.238. The van der Waals surface area contributed by atoms with Gasteiger partial charge in [-0.05, 0) is 42.0 Å². The first-order chi connectivity index (χ1) is 11.7. The van der Waals surface area contributed by atoms with Crippen molar-refractivity contribution in [1.29, 1.82) is 0 Å². The molecule has 0 saturated heterocycles. The fourth-order valence-corrected chi connectivity index (χ4v) is 3.48. The molecule has 124 valence electrons. The van der Waals surface area contributed by atoms with E-state index in [9.17, 15) is 5.11 Å². The highest BCUT2D eigenvalue weighted by Crippen LogP contribution is 2.29. The Morgan fingerprint density at radius 1 is 1.00 bits per heavy atom. The summed E-state index contributed by atoms with van der Waals surface area (Å²) in [7, 11) is 0. The summed E-state index contributed by atoms with van der Waals surface area (Å²) in [6.07, 6.45) is 6.40. The average molecular weight is 338 g/mol. The van der Waals surface area contributed by atoms with Crippen LogP contribution >= 0.6 is 11.8 Å². The van der Waals surface area contributed by atoms with Gasteiger partial charge in [0.25, 0.3) is 0 Å². The molecule has 0 aliphatic heterocycles. The van der Waals surface area contributed by atoms with Crippen LogP contribution in [-0.4, -0.2) is 17.8 Å². The minimum Gasteiger partial charge on any atom is -0.493 e. The van der Waals surface area contributed by atoms with Crippen LogP contribution in [0.3, 0.4) is 0 Å². The van der Waals surface area contributed by atoms with Crippen molar-refractivity contribution < 1.29 is 9.84 Å². The van der Waals surface area contributed by atoms with Crippen LogP contribution in [0, 0.1) is 5.92 Å². The monoisotopic (exact) mass is 338 g/mol. The van der Waals surface area contributed by atoms with Crippen molar-refractivity contribution in [2.75, 3.05) is 6.61 Å². The lowest BCUT2D eigenvalue weighted by Crippen LogP contribution is -2.22. The molecule has 2 unspecified atom stereocenters. The van der Waals surface area contributed by atoms with Crippen molar-refractivity contribution in [3.63, 3.8) is 0 Å². The van der Waals surface area contributed by atoms with Gasteiger partial charge in [0.1, 0.15) is 5.75 Å². The normalized spacial score (nSPS) is 19.8. The number of hydrogen-bond acceptors (Lipinski definition) is 3. The van der Waals surface area contributed by atoms with Gasteiger partial charge in [0.15, 0.2) is 0 Å². The van der Waals surface area contributed by atoms with Crippen LogP contribution in [0.4, 0.5) is 0 Å². The maximum atomic E-state index is 10.1. The number of benzene rings is 2. The lowest BCUT2D eigenvalue weighted by molar-refractivity contribution is 0.162. The predicted molar refractivity (Wildman–Crippen MR) is 99.5 cm³/mol. The van der Waals surface area contributed by atoms with E-state index in [-0.39, 0.29) is 12.0 Å². The molecule has 0 heterocycles. The quantitative estimate of drug-likeness (QED) is 0.794. The molecule has 1 aliphatic carbocycles. The molecule has 2 atom stereocenters. The van der Waals surface area contributed by atoms with E-state index < -0.39 is 0 Å². The van der Waals surface area contributed by atoms with Crippen LogP contribution < -0.4 is 4.74 Å². The zero-order valence-electron chi connectivity index (χ0n) is 13.8. The number of allylic oxidation sites excluding steroid dienone is 2. The first kappa shape index (κ1) is 16.9. The smallest absolute Gasteiger partial charge is 0.119 e. The molecule has 0 aromatic heterocycles. The van der Waals surface area contributed by atoms with Gasteiger partial charge in [-0.15, -0.1) is 0 Å². The highest BCUT2D eigenvalue weighted by atomic mass is 32.2. The van der Waals surface area contributed by atoms with Gasteiger partial charge in [-0.25, -0.2) is 0 Å². The van der Waals surface area contributed by atoms with Gasteiger partial charge in [0.05, 0.1) is 12.7 Å². The minimum absolute atomic E-state index is 0.180. The topological polar surface area (TPSA) is 29.5 Å². The lowest BCUT2D eigenvalue weighted by atomic mass is 9.91. The number of rotatable bonds is 6. The molecule has 2 nitrogen and oxygen atoms in total. The number of aliphatic hydroxyl groups excluding tert-OH is 1. The predicted octanol–water partition coefficient (Wildman–Crippen LogP) is 5.10. The molecule has 1 aliphatic rings. The Morgan fingerprint density at radius 3 is 2.46 bits per heavy atom. The molecule has 0 saturated carbocycles. The molecular formula is C21H22O2S. The third-order valence-corrected chi connectivity index (χ3v) is 5.08. The highest BCUT2D eigenvalue weighted by molar-refractivity contribution is 7.99. The van der Waals surface area contributed by atoms with Crippen molar-refractivity contribution in [3.8, 4) is 5.75 Å². The van der Waals surface area contributed by atoms with Crippen molar-refractivity contribution in [3.05, 3.63) is 78.4 Å². The molecule has 3 rings (SSSR count). The van der Waals surface area contributed by atoms with Crippen LogP contribution in [0.15, 0.2) is 88.2 Å². The molecule has 0 bridgehead atoms. The van der Waals surface area contributed by atoms with E-state index in [0.717, 1.165) is 17.7 Å². The Labute approximate surface area is 147 Å². The zero-order chi connectivity index (χ0) is 16.8. The van der Waals surface area contributed by atoms with Crippen molar-refractivity contribution in [1.82, 2.24) is 0 Å². The summed E-state index contributed by atoms with van der Waals surface area (Å²) in [4.78, 5) is 2.42. The van der Waals surface area contributed by atoms with Crippen LogP contribution in [0.25, 0.3) is 0 Å². The standard InChI is InChI=1S/C21H22O2S/c1-16-6-5-7-17(21(16)22)14-15-23-18-10-12-20(13-11-18)24-19-8-3-2-4-9-19/h2-13,16,21-22H,14-15H2,1H3. The Bertz CT molecular complexity index is 704. The minimum atomic E-state index is -0.386. The van der Waals surface area contributed by atoms with Gasteiger partial charge in [-0.2, -0.15) is 0 Å². The average Bonchev–Trinajstić information content (AvgIpc) is 2.61. The summed E-state index contributed by atoms with van der Waals surface area (Å²) in [5.41, 5.74) is 1.04. The second-order valence-electron chi connectivity index (χ2n) is 5.92. The maximum Gasteiger partial charge on any atom is 0.119 e. The third kappa shape index (κ3) is 4.53. The molecule has 0 radical (unpaired) electrons. The van der Waals surface area contributed by atoms with Crippen LogP contribution in [0.5, 0.6) is 5.75 Å². The van der Waals surface area contributed by atoms with E-state index in [0.29, 0.717) is 6.61 Å². The van der Waals surface area contributed by atoms with Gasteiger partial charge in [-0.1, -0.05) is 55.1 Å². The Morgan fingerprint density at radius 2 is 1.71 bits per heavy atom. The van der Waals surface area contributed by atoms with E-state index in [4.69, 9.17) is 4.74 Å². The van der Waals surface area contributed by atoms with Gasteiger partial charge < -0.3 is 9.84 Å². The van der Waals surface area contributed by atoms with E-state index in [1.165, 1.54) is 9.79 Å². The largest absolute Gasteiger partial charge is 0.493 e. The third-order valence-electron chi connectivity index (χ3n) is 4.07. The van der Waals surface area contributed by atoms with E-state index in [1.807, 2.05) is 55.5 Å². The number of aliphatic hydroxyl groups is 1. The van der Waals surface area contributed by atoms with Crippen molar-refractivity contribution >= 4 is 11.8 Å². The molecule has 2 aromatic rings. The first-order valence-corrected chi connectivity index (χ1v) is 9.05. The summed E-state index contributed by atoms with van der Waals surface area (Å²) in [5.74, 6) is 1.04. The SMILES string of the molecule is CC1C=CC=C(CCOc2ccc(Sc3ccccc3)cc2)C1O. The number of hydrogen-bond donors (Lipinski definition) is 1. The van der Waals surface area contributed by atoms with Crippen molar-refractivity contribution in [2.24, 2.45) is 5.92 Å². The zero-order valence-corrected chi connectivity index (χ0v) is 14.6. The van der Waals surface area contributed by atoms with Gasteiger partial charge in [0, 0.05) is 22.1 Å². The first-order valence-electron chi connectivity index (χ1n) is 8.23. The molecular weight excluding hydrogens is 316 g/mol. The molecule has 2 aromatic carbocycles. The van der Waals surface area contributed by atoms with E-state index in [2.05, 4.69) is 24.3 Å². The summed E-state index contributed by atoms with van der Waals surface area (Å²) in [6.45, 7) is 2.60. The lowest BCUT2D eigenvalue weighted by Gasteiger charge is -2.22. The molecule has 3 heteroatoms. The molecule has 1 N–H and O–H groups in total. The molecule has 0 spiro atoms. The second-order valence-corrected chi connectivity index (χ2v) is 7.06. The van der Waals surface area contributed by atoms with Gasteiger partial charge in [0.2, 0.25) is 0 Å². The Hall–Kier alpha value is -1.97. The van der Waals surface area contributed by atoms with E-state index in [1.54, 1.807) is 11.8 Å². The summed E-state index contributed by atoms with van der Waals surface area (Å²) in [6, 6.07) is 18.5. The van der Waals surface area contributed by atoms with Crippen LogP contribution in [-0.2, 0) is 0 Å². The molecule has 0 amide bonds. The summed E-state index contributed by atoms with van der Waals surface area (Å²) < 4.78 is 5.81. The van der Waals surface area contributed by atoms with Crippen LogP contribution in [0.1, 0.15) is 13.3 Å².